The summed E-state index contributed by atoms with van der Waals surface area (Å²) in [5, 5.41) is 7.28. The molecular formula is C24H24N4O2. The van der Waals surface area contributed by atoms with Gasteiger partial charge in [0.2, 0.25) is 11.8 Å². The molecule has 0 bridgehead atoms. The Morgan fingerprint density at radius 1 is 1.10 bits per heavy atom. The van der Waals surface area contributed by atoms with Crippen LogP contribution in [-0.4, -0.2) is 29.0 Å². The molecule has 0 saturated carbocycles. The number of likely N-dealkylation sites (N-methyl/N-ethyl adjacent to an activating group) is 1. The number of nitrogens with zero attached hydrogens (tertiary/aromatic N) is 1. The van der Waals surface area contributed by atoms with Crippen LogP contribution in [0.2, 0.25) is 0 Å². The summed E-state index contributed by atoms with van der Waals surface area (Å²) < 4.78 is 5.81. The van der Waals surface area contributed by atoms with Crippen molar-refractivity contribution in [3.05, 3.63) is 90.3 Å². The summed E-state index contributed by atoms with van der Waals surface area (Å²) >= 11 is 0. The van der Waals surface area contributed by atoms with Crippen molar-refractivity contribution in [2.45, 2.75) is 19.0 Å². The molecule has 152 valence electrons. The molecule has 6 heteroatoms. The van der Waals surface area contributed by atoms with Gasteiger partial charge in [0.15, 0.2) is 0 Å². The summed E-state index contributed by atoms with van der Waals surface area (Å²) in [6, 6.07) is 21.1. The third kappa shape index (κ3) is 4.67. The highest BCUT2D eigenvalue weighted by molar-refractivity contribution is 5.86. The number of pyridine rings is 1. The maximum absolute atomic E-state index is 12.5. The lowest BCUT2D eigenvalue weighted by Crippen LogP contribution is -2.44. The van der Waals surface area contributed by atoms with Crippen LogP contribution in [-0.2, 0) is 17.8 Å². The maximum Gasteiger partial charge on any atom is 0.237 e. The van der Waals surface area contributed by atoms with Gasteiger partial charge >= 0.3 is 0 Å². The first-order valence-corrected chi connectivity index (χ1v) is 9.91. The lowest BCUT2D eigenvalue weighted by molar-refractivity contribution is -0.122. The number of hydrogen-bond donors (Lipinski definition) is 3. The number of hydrogen-bond acceptors (Lipinski definition) is 4. The summed E-state index contributed by atoms with van der Waals surface area (Å²) in [6.45, 7) is 0.542. The normalized spacial score (nSPS) is 11.9. The Balaban J connectivity index is 1.45. The van der Waals surface area contributed by atoms with Gasteiger partial charge in [-0.3, -0.25) is 4.79 Å². The van der Waals surface area contributed by atoms with E-state index < -0.39 is 0 Å². The lowest BCUT2D eigenvalue weighted by Gasteiger charge is -2.17. The molecule has 1 amide bonds. The average molecular weight is 400 g/mol. The molecule has 2 aromatic carbocycles. The molecule has 30 heavy (non-hydrogen) atoms. The molecule has 0 fully saturated rings. The molecule has 0 unspecified atom stereocenters. The number of aromatic amines is 1. The van der Waals surface area contributed by atoms with Crippen LogP contribution in [0.3, 0.4) is 0 Å². The molecule has 0 spiro atoms. The van der Waals surface area contributed by atoms with E-state index in [0.717, 1.165) is 22.0 Å². The maximum atomic E-state index is 12.5. The number of H-pyrrole nitrogens is 1. The molecule has 6 nitrogen and oxygen atoms in total. The van der Waals surface area contributed by atoms with Gasteiger partial charge in [-0.1, -0.05) is 36.4 Å². The monoisotopic (exact) mass is 400 g/mol. The van der Waals surface area contributed by atoms with Crippen LogP contribution < -0.4 is 15.4 Å². The highest BCUT2D eigenvalue weighted by Gasteiger charge is 2.19. The standard InChI is InChI=1S/C24H24N4O2/c1-25-24(29)22(14-18-16-28-21-10-3-2-9-20(18)21)27-15-17-7-6-8-19(13-17)30-23-11-4-5-12-26-23/h2-13,16,22,27-28H,14-15H2,1H3,(H,25,29)/t22-/m0/s1. The number of benzene rings is 2. The molecule has 0 aliphatic heterocycles. The molecule has 1 atom stereocenters. The molecule has 4 aromatic rings. The summed E-state index contributed by atoms with van der Waals surface area (Å²) in [5.74, 6) is 1.22. The first-order valence-electron chi connectivity index (χ1n) is 9.91. The molecule has 0 saturated heterocycles. The van der Waals surface area contributed by atoms with E-state index in [1.165, 1.54) is 0 Å². The van der Waals surface area contributed by atoms with Crippen molar-refractivity contribution in [2.24, 2.45) is 0 Å². The Bertz CT molecular complexity index is 1120. The van der Waals surface area contributed by atoms with Gasteiger partial charge < -0.3 is 20.4 Å². The number of nitrogens with one attached hydrogen (secondary N) is 3. The number of fused-ring (bicyclic) bond motifs is 1. The van der Waals surface area contributed by atoms with Crippen LogP contribution in [0.5, 0.6) is 11.6 Å². The number of rotatable bonds is 8. The van der Waals surface area contributed by atoms with E-state index >= 15 is 0 Å². The molecule has 2 heterocycles. The fourth-order valence-electron chi connectivity index (χ4n) is 3.44. The first-order chi connectivity index (χ1) is 14.7. The van der Waals surface area contributed by atoms with Crippen LogP contribution in [0.15, 0.2) is 79.1 Å². The summed E-state index contributed by atoms with van der Waals surface area (Å²) in [5.41, 5.74) is 3.21. The third-order valence-corrected chi connectivity index (χ3v) is 4.97. The number of aromatic nitrogens is 2. The summed E-state index contributed by atoms with van der Waals surface area (Å²) in [7, 11) is 1.66. The Labute approximate surface area is 175 Å². The van der Waals surface area contributed by atoms with E-state index in [4.69, 9.17) is 4.74 Å². The van der Waals surface area contributed by atoms with Gasteiger partial charge in [0.25, 0.3) is 0 Å². The quantitative estimate of drug-likeness (QED) is 0.420. The van der Waals surface area contributed by atoms with Crippen molar-refractivity contribution in [3.8, 4) is 11.6 Å². The van der Waals surface area contributed by atoms with Gasteiger partial charge in [-0.2, -0.15) is 0 Å². The van der Waals surface area contributed by atoms with Crippen LogP contribution >= 0.6 is 0 Å². The zero-order chi connectivity index (χ0) is 20.8. The van der Waals surface area contributed by atoms with Crippen LogP contribution in [0.4, 0.5) is 0 Å². The predicted molar refractivity (Wildman–Crippen MR) is 117 cm³/mol. The van der Waals surface area contributed by atoms with Gasteiger partial charge in [-0.15, -0.1) is 0 Å². The van der Waals surface area contributed by atoms with E-state index in [0.29, 0.717) is 24.6 Å². The van der Waals surface area contributed by atoms with Gasteiger partial charge in [0, 0.05) is 43.0 Å². The second kappa shape index (κ2) is 9.24. The topological polar surface area (TPSA) is 79.0 Å². The fraction of sp³-hybridized carbons (Fsp3) is 0.167. The minimum Gasteiger partial charge on any atom is -0.439 e. The predicted octanol–water partition coefficient (Wildman–Crippen LogP) is 3.80. The largest absolute Gasteiger partial charge is 0.439 e. The van der Waals surface area contributed by atoms with Crippen molar-refractivity contribution < 1.29 is 9.53 Å². The van der Waals surface area contributed by atoms with E-state index in [2.05, 4.69) is 26.7 Å². The first kappa shape index (κ1) is 19.7. The highest BCUT2D eigenvalue weighted by Crippen LogP contribution is 2.21. The molecular weight excluding hydrogens is 376 g/mol. The molecule has 4 rings (SSSR count). The second-order valence-corrected chi connectivity index (χ2v) is 7.03. The summed E-state index contributed by atoms with van der Waals surface area (Å²) in [6.07, 6.45) is 4.26. The van der Waals surface area contributed by atoms with Gasteiger partial charge in [0.1, 0.15) is 5.75 Å². The number of amides is 1. The Morgan fingerprint density at radius 2 is 1.97 bits per heavy atom. The van der Waals surface area contributed by atoms with Crippen molar-refractivity contribution in [3.63, 3.8) is 0 Å². The SMILES string of the molecule is CNC(=O)[C@H](Cc1c[nH]c2ccccc12)NCc1cccc(Oc2ccccn2)c1. The zero-order valence-electron chi connectivity index (χ0n) is 16.8. The average Bonchev–Trinajstić information content (AvgIpc) is 3.20. The number of carbonyl (C=O) groups excluding carboxylic acids is 1. The lowest BCUT2D eigenvalue weighted by atomic mass is 10.0. The minimum absolute atomic E-state index is 0.0406. The van der Waals surface area contributed by atoms with E-state index in [1.807, 2.05) is 66.9 Å². The molecule has 2 aromatic heterocycles. The minimum atomic E-state index is -0.352. The summed E-state index contributed by atoms with van der Waals surface area (Å²) in [4.78, 5) is 19.9. The fourth-order valence-corrected chi connectivity index (χ4v) is 3.44. The smallest absolute Gasteiger partial charge is 0.237 e. The third-order valence-electron chi connectivity index (χ3n) is 4.97. The van der Waals surface area contributed by atoms with Crippen LogP contribution in [0.1, 0.15) is 11.1 Å². The van der Waals surface area contributed by atoms with Crippen molar-refractivity contribution in [2.75, 3.05) is 7.05 Å². The molecule has 0 aliphatic carbocycles. The van der Waals surface area contributed by atoms with Crippen molar-refractivity contribution in [1.82, 2.24) is 20.6 Å². The Kier molecular flexibility index (Phi) is 6.06. The highest BCUT2D eigenvalue weighted by atomic mass is 16.5. The molecule has 0 aliphatic rings. The van der Waals surface area contributed by atoms with Crippen molar-refractivity contribution >= 4 is 16.8 Å². The number of ether oxygens (including phenoxy) is 1. The van der Waals surface area contributed by atoms with E-state index in [9.17, 15) is 4.79 Å². The second-order valence-electron chi connectivity index (χ2n) is 7.03. The van der Waals surface area contributed by atoms with E-state index in [1.54, 1.807) is 13.2 Å². The Hall–Kier alpha value is -3.64. The Morgan fingerprint density at radius 3 is 2.80 bits per heavy atom. The van der Waals surface area contributed by atoms with Crippen LogP contribution in [0.25, 0.3) is 10.9 Å². The van der Waals surface area contributed by atoms with Gasteiger partial charge in [0.05, 0.1) is 6.04 Å². The molecule has 0 radical (unpaired) electrons. The van der Waals surface area contributed by atoms with Crippen molar-refractivity contribution in [1.29, 1.82) is 0 Å². The zero-order valence-corrected chi connectivity index (χ0v) is 16.8. The van der Waals surface area contributed by atoms with Gasteiger partial charge in [-0.05, 0) is 41.8 Å². The molecule has 3 N–H and O–H groups in total. The van der Waals surface area contributed by atoms with E-state index in [-0.39, 0.29) is 11.9 Å². The van der Waals surface area contributed by atoms with Gasteiger partial charge in [-0.25, -0.2) is 4.98 Å². The number of carbonyl (C=O) groups is 1. The van der Waals surface area contributed by atoms with Crippen LogP contribution in [0, 0.1) is 0 Å². The number of para-hydroxylation sites is 1.